The molecule has 1 aliphatic rings. The quantitative estimate of drug-likeness (QED) is 0.394. The Morgan fingerprint density at radius 1 is 1.31 bits per heavy atom. The maximum atomic E-state index is 13.7. The van der Waals surface area contributed by atoms with Crippen LogP contribution < -0.4 is 0 Å². The second kappa shape index (κ2) is 13.6. The monoisotopic (exact) mass is 525 g/mol. The van der Waals surface area contributed by atoms with Gasteiger partial charge in [0.2, 0.25) is 0 Å². The predicted molar refractivity (Wildman–Crippen MR) is 138 cm³/mol. The maximum Gasteiger partial charge on any atom is 0.309 e. The minimum atomic E-state index is -1.30. The zero-order valence-electron chi connectivity index (χ0n) is 21.9. The van der Waals surface area contributed by atoms with Crippen LogP contribution >= 0.6 is 11.3 Å². The highest BCUT2D eigenvalue weighted by Gasteiger charge is 2.42. The fourth-order valence-electron chi connectivity index (χ4n) is 4.45. The van der Waals surface area contributed by atoms with Gasteiger partial charge in [-0.3, -0.25) is 9.59 Å². The number of cyclic esters (lactones) is 1. The summed E-state index contributed by atoms with van der Waals surface area (Å²) in [5.41, 5.74) is 0.620. The number of alkyl halides is 1. The summed E-state index contributed by atoms with van der Waals surface area (Å²) < 4.78 is 19.4. The summed E-state index contributed by atoms with van der Waals surface area (Å²) in [6.07, 6.45) is 2.18. The van der Waals surface area contributed by atoms with Crippen molar-refractivity contribution >= 4 is 29.2 Å². The lowest BCUT2D eigenvalue weighted by molar-refractivity contribution is -0.154. The number of hydrogen-bond acceptors (Lipinski definition) is 8. The number of halogens is 1. The maximum absolute atomic E-state index is 13.7. The van der Waals surface area contributed by atoms with Gasteiger partial charge in [-0.25, -0.2) is 9.37 Å². The van der Waals surface area contributed by atoms with Crippen LogP contribution in [0, 0.1) is 17.3 Å². The van der Waals surface area contributed by atoms with Gasteiger partial charge in [-0.05, 0) is 49.3 Å². The molecule has 1 aliphatic heterocycles. The molecule has 0 radical (unpaired) electrons. The van der Waals surface area contributed by atoms with Gasteiger partial charge in [-0.15, -0.1) is 11.3 Å². The van der Waals surface area contributed by atoms with Crippen molar-refractivity contribution in [1.29, 1.82) is 0 Å². The van der Waals surface area contributed by atoms with Crippen LogP contribution in [0.15, 0.2) is 22.6 Å². The molecule has 1 aromatic heterocycles. The zero-order chi connectivity index (χ0) is 27.0. The van der Waals surface area contributed by atoms with Crippen molar-refractivity contribution < 1.29 is 34.0 Å². The SMILES string of the molecule is C/C(=C\c1csc(CO)n1)[C@@H]1C/C=C(/CF)CCC[C@H](C)[C@H](O)[C@@H](C)C(=O)C(C)(C)[C@@H](O)CC(=O)O1. The van der Waals surface area contributed by atoms with Crippen LogP contribution in [0.2, 0.25) is 0 Å². The molecule has 0 aliphatic carbocycles. The molecule has 1 aromatic rings. The molecule has 7 nitrogen and oxygen atoms in total. The first-order valence-electron chi connectivity index (χ1n) is 12.5. The van der Waals surface area contributed by atoms with E-state index in [1.807, 2.05) is 6.92 Å². The van der Waals surface area contributed by atoms with Gasteiger partial charge < -0.3 is 20.1 Å². The van der Waals surface area contributed by atoms with Gasteiger partial charge in [-0.2, -0.15) is 0 Å². The predicted octanol–water partition coefficient (Wildman–Crippen LogP) is 4.40. The number of carbonyl (C=O) groups excluding carboxylic acids is 2. The lowest BCUT2D eigenvalue weighted by Crippen LogP contribution is -2.45. The lowest BCUT2D eigenvalue weighted by Gasteiger charge is -2.34. The molecule has 0 saturated heterocycles. The number of allylic oxidation sites excluding steroid dienone is 1. The smallest absolute Gasteiger partial charge is 0.309 e. The van der Waals surface area contributed by atoms with Gasteiger partial charge in [-0.1, -0.05) is 33.8 Å². The number of aliphatic hydroxyl groups excluding tert-OH is 3. The number of Topliss-reactive ketones (excluding diaryl/α,β-unsaturated/α-hetero) is 1. The number of thiazole rings is 1. The molecule has 0 saturated carbocycles. The van der Waals surface area contributed by atoms with Gasteiger partial charge in [0.1, 0.15) is 23.6 Å². The Morgan fingerprint density at radius 3 is 2.61 bits per heavy atom. The van der Waals surface area contributed by atoms with Gasteiger partial charge in [0.05, 0.1) is 36.3 Å². The third kappa shape index (κ3) is 8.03. The molecule has 5 atom stereocenters. The Morgan fingerprint density at radius 2 is 2.00 bits per heavy atom. The highest BCUT2D eigenvalue weighted by molar-refractivity contribution is 7.09. The Labute approximate surface area is 217 Å². The Balaban J connectivity index is 2.37. The fraction of sp³-hybridized carbons (Fsp3) is 0.667. The summed E-state index contributed by atoms with van der Waals surface area (Å²) in [6, 6.07) is 0. The number of hydrogen-bond donors (Lipinski definition) is 3. The molecule has 0 fully saturated rings. The second-order valence-electron chi connectivity index (χ2n) is 10.4. The summed E-state index contributed by atoms with van der Waals surface area (Å²) in [7, 11) is 0. The molecule has 9 heteroatoms. The van der Waals surface area contributed by atoms with Crippen LogP contribution in [0.25, 0.3) is 6.08 Å². The van der Waals surface area contributed by atoms with E-state index >= 15 is 0 Å². The largest absolute Gasteiger partial charge is 0.457 e. The number of ketones is 1. The molecule has 2 rings (SSSR count). The first-order valence-corrected chi connectivity index (χ1v) is 13.4. The molecule has 0 bridgehead atoms. The molecule has 0 spiro atoms. The molecule has 36 heavy (non-hydrogen) atoms. The van der Waals surface area contributed by atoms with Crippen molar-refractivity contribution in [1.82, 2.24) is 4.98 Å². The Bertz CT molecular complexity index is 956. The molecule has 0 amide bonds. The number of aromatic nitrogens is 1. The van der Waals surface area contributed by atoms with Crippen LogP contribution in [0.5, 0.6) is 0 Å². The van der Waals surface area contributed by atoms with Crippen LogP contribution in [0.3, 0.4) is 0 Å². The molecule has 2 heterocycles. The third-order valence-corrected chi connectivity index (χ3v) is 8.00. The highest BCUT2D eigenvalue weighted by atomic mass is 32.1. The van der Waals surface area contributed by atoms with Crippen molar-refractivity contribution in [2.45, 2.75) is 91.6 Å². The van der Waals surface area contributed by atoms with Crippen molar-refractivity contribution in [2.24, 2.45) is 17.3 Å². The lowest BCUT2D eigenvalue weighted by atomic mass is 9.73. The van der Waals surface area contributed by atoms with Crippen LogP contribution in [-0.2, 0) is 20.9 Å². The number of ether oxygens (including phenoxy) is 1. The van der Waals surface area contributed by atoms with Gasteiger partial charge in [0, 0.05) is 17.7 Å². The minimum absolute atomic E-state index is 0.167. The molecule has 0 aromatic carbocycles. The molecular weight excluding hydrogens is 485 g/mol. The topological polar surface area (TPSA) is 117 Å². The summed E-state index contributed by atoms with van der Waals surface area (Å²) in [5, 5.41) is 33.2. The average molecular weight is 526 g/mol. The van der Waals surface area contributed by atoms with E-state index in [2.05, 4.69) is 4.98 Å². The molecule has 0 unspecified atom stereocenters. The fourth-order valence-corrected chi connectivity index (χ4v) is 5.07. The Hall–Kier alpha value is -1.94. The first kappa shape index (κ1) is 30.3. The summed E-state index contributed by atoms with van der Waals surface area (Å²) in [4.78, 5) is 30.3. The van der Waals surface area contributed by atoms with Crippen molar-refractivity contribution in [3.05, 3.63) is 33.3 Å². The molecule has 202 valence electrons. The Kier molecular flexibility index (Phi) is 11.4. The standard InChI is InChI=1S/C27H40FNO6S/c1-16-7-6-8-19(13-28)9-10-21(17(2)11-20-15-36-23(14-30)29-20)35-24(32)12-22(31)27(4,5)26(34)18(3)25(16)33/h9,11,15-16,18,21-22,25,30-31,33H,6-8,10,12-14H2,1-5H3/b17-11+,19-9+/t16-,18+,21-,22-,25-/m0/s1. The number of rotatable bonds is 4. The van der Waals surface area contributed by atoms with E-state index in [0.717, 1.165) is 0 Å². The summed E-state index contributed by atoms with van der Waals surface area (Å²) >= 11 is 1.31. The van der Waals surface area contributed by atoms with Gasteiger partial charge >= 0.3 is 5.97 Å². The van der Waals surface area contributed by atoms with Gasteiger partial charge in [0.25, 0.3) is 0 Å². The molecule has 3 N–H and O–H groups in total. The average Bonchev–Trinajstić information content (AvgIpc) is 3.30. The van der Waals surface area contributed by atoms with Gasteiger partial charge in [0.15, 0.2) is 0 Å². The van der Waals surface area contributed by atoms with Crippen molar-refractivity contribution in [2.75, 3.05) is 6.67 Å². The van der Waals surface area contributed by atoms with E-state index in [1.54, 1.807) is 45.2 Å². The number of carbonyl (C=O) groups is 2. The summed E-state index contributed by atoms with van der Waals surface area (Å²) in [5.74, 6) is -1.92. The van der Waals surface area contributed by atoms with Crippen molar-refractivity contribution in [3.63, 3.8) is 0 Å². The van der Waals surface area contributed by atoms with E-state index in [-0.39, 0.29) is 24.7 Å². The number of nitrogens with zero attached hydrogens (tertiary/aromatic N) is 1. The number of esters is 1. The molecular formula is C27H40FNO6S. The normalized spacial score (nSPS) is 31.0. The van der Waals surface area contributed by atoms with E-state index in [0.29, 0.717) is 41.1 Å². The van der Waals surface area contributed by atoms with Crippen LogP contribution in [-0.4, -0.2) is 57.0 Å². The van der Waals surface area contributed by atoms with E-state index < -0.39 is 48.7 Å². The summed E-state index contributed by atoms with van der Waals surface area (Å²) in [6.45, 7) is 7.63. The third-order valence-electron chi connectivity index (χ3n) is 7.15. The van der Waals surface area contributed by atoms with E-state index in [1.165, 1.54) is 11.3 Å². The van der Waals surface area contributed by atoms with Crippen LogP contribution in [0.4, 0.5) is 4.39 Å². The van der Waals surface area contributed by atoms with E-state index in [4.69, 9.17) is 4.74 Å². The second-order valence-corrected chi connectivity index (χ2v) is 11.3. The zero-order valence-corrected chi connectivity index (χ0v) is 22.7. The van der Waals surface area contributed by atoms with Crippen molar-refractivity contribution in [3.8, 4) is 0 Å². The highest BCUT2D eigenvalue weighted by Crippen LogP contribution is 2.32. The minimum Gasteiger partial charge on any atom is -0.457 e. The van der Waals surface area contributed by atoms with E-state index in [9.17, 15) is 29.3 Å². The van der Waals surface area contributed by atoms with Crippen LogP contribution in [0.1, 0.15) is 77.4 Å². The number of aliphatic hydroxyl groups is 3. The first-order chi connectivity index (χ1) is 16.9.